The van der Waals surface area contributed by atoms with Gasteiger partial charge in [-0.25, -0.2) is 0 Å². The van der Waals surface area contributed by atoms with Crippen LogP contribution < -0.4 is 14.8 Å². The molecule has 3 aromatic carbocycles. The standard InChI is InChI=1S/C34H40N2O4/c1-25-10-8-9-13-28(25)24-36(33(37)19-17-27-16-18-31-32(23-27)40-21-20-39-31)30(22-26-11-4-2-5-12-26)34(38)35-29-14-6-3-7-15-29/h2,4-5,8-13,16,18,23,29-30H,3,6-7,14-15,17,19-22,24H2,1H3,(H,35,38)/t30-/m0/s1. The van der Waals surface area contributed by atoms with E-state index in [0.29, 0.717) is 39.0 Å². The van der Waals surface area contributed by atoms with Crippen LogP contribution in [0.4, 0.5) is 0 Å². The quantitative estimate of drug-likeness (QED) is 0.354. The van der Waals surface area contributed by atoms with Gasteiger partial charge < -0.3 is 19.7 Å². The summed E-state index contributed by atoms with van der Waals surface area (Å²) < 4.78 is 11.4. The Bertz CT molecular complexity index is 1290. The lowest BCUT2D eigenvalue weighted by atomic mass is 9.94. The molecule has 1 N–H and O–H groups in total. The first-order valence-corrected chi connectivity index (χ1v) is 14.6. The van der Waals surface area contributed by atoms with Gasteiger partial charge in [-0.05, 0) is 60.6 Å². The average molecular weight is 541 g/mol. The molecular weight excluding hydrogens is 500 g/mol. The third kappa shape index (κ3) is 7.23. The lowest BCUT2D eigenvalue weighted by Crippen LogP contribution is -2.53. The topological polar surface area (TPSA) is 67.9 Å². The fourth-order valence-electron chi connectivity index (χ4n) is 5.71. The van der Waals surface area contributed by atoms with Crippen molar-refractivity contribution < 1.29 is 19.1 Å². The van der Waals surface area contributed by atoms with Crippen LogP contribution in [-0.4, -0.2) is 42.0 Å². The summed E-state index contributed by atoms with van der Waals surface area (Å²) in [5.41, 5.74) is 4.22. The highest BCUT2D eigenvalue weighted by molar-refractivity contribution is 5.88. The highest BCUT2D eigenvalue weighted by Gasteiger charge is 2.32. The van der Waals surface area contributed by atoms with Crippen molar-refractivity contribution in [3.63, 3.8) is 0 Å². The Hall–Kier alpha value is -3.80. The number of aryl methyl sites for hydroxylation is 2. The number of nitrogens with one attached hydrogen (secondary N) is 1. The van der Waals surface area contributed by atoms with E-state index in [9.17, 15) is 9.59 Å². The van der Waals surface area contributed by atoms with Crippen molar-refractivity contribution in [3.05, 3.63) is 95.1 Å². The van der Waals surface area contributed by atoms with Crippen LogP contribution >= 0.6 is 0 Å². The van der Waals surface area contributed by atoms with Gasteiger partial charge in [0.1, 0.15) is 19.3 Å². The predicted molar refractivity (Wildman–Crippen MR) is 156 cm³/mol. The van der Waals surface area contributed by atoms with Gasteiger partial charge in [0.05, 0.1) is 0 Å². The van der Waals surface area contributed by atoms with E-state index >= 15 is 0 Å². The summed E-state index contributed by atoms with van der Waals surface area (Å²) in [4.78, 5) is 29.8. The van der Waals surface area contributed by atoms with Crippen molar-refractivity contribution >= 4 is 11.8 Å². The second-order valence-electron chi connectivity index (χ2n) is 11.0. The number of benzene rings is 3. The number of hydrogen-bond acceptors (Lipinski definition) is 4. The molecule has 40 heavy (non-hydrogen) atoms. The average Bonchev–Trinajstić information content (AvgIpc) is 2.99. The molecule has 0 spiro atoms. The molecule has 1 heterocycles. The van der Waals surface area contributed by atoms with Gasteiger partial charge in [0, 0.05) is 25.4 Å². The molecule has 2 amide bonds. The Morgan fingerprint density at radius 3 is 2.38 bits per heavy atom. The van der Waals surface area contributed by atoms with E-state index in [4.69, 9.17) is 9.47 Å². The van der Waals surface area contributed by atoms with Gasteiger partial charge >= 0.3 is 0 Å². The summed E-state index contributed by atoms with van der Waals surface area (Å²) in [5.74, 6) is 1.38. The van der Waals surface area contributed by atoms with Gasteiger partial charge in [0.15, 0.2) is 11.5 Å². The number of hydrogen-bond donors (Lipinski definition) is 1. The van der Waals surface area contributed by atoms with Crippen LogP contribution in [0.5, 0.6) is 11.5 Å². The van der Waals surface area contributed by atoms with Gasteiger partial charge in [-0.3, -0.25) is 9.59 Å². The van der Waals surface area contributed by atoms with Crippen LogP contribution in [0, 0.1) is 6.92 Å². The molecule has 0 radical (unpaired) electrons. The molecule has 0 unspecified atom stereocenters. The summed E-state index contributed by atoms with van der Waals surface area (Å²) in [6.07, 6.45) is 6.82. The van der Waals surface area contributed by atoms with Crippen molar-refractivity contribution in [2.75, 3.05) is 13.2 Å². The van der Waals surface area contributed by atoms with Crippen LogP contribution in [0.3, 0.4) is 0 Å². The first kappa shape index (κ1) is 27.8. The predicted octanol–water partition coefficient (Wildman–Crippen LogP) is 5.79. The zero-order chi connectivity index (χ0) is 27.7. The van der Waals surface area contributed by atoms with E-state index in [1.165, 1.54) is 6.42 Å². The molecule has 1 aliphatic carbocycles. The van der Waals surface area contributed by atoms with Crippen molar-refractivity contribution in [3.8, 4) is 11.5 Å². The smallest absolute Gasteiger partial charge is 0.243 e. The van der Waals surface area contributed by atoms with E-state index in [0.717, 1.165) is 59.4 Å². The third-order valence-electron chi connectivity index (χ3n) is 8.06. The highest BCUT2D eigenvalue weighted by Crippen LogP contribution is 2.31. The first-order chi connectivity index (χ1) is 19.6. The minimum atomic E-state index is -0.600. The van der Waals surface area contributed by atoms with Gasteiger partial charge in [-0.15, -0.1) is 0 Å². The molecule has 0 bridgehead atoms. The molecule has 1 fully saturated rings. The van der Waals surface area contributed by atoms with Crippen molar-refractivity contribution in [2.24, 2.45) is 0 Å². The fourth-order valence-corrected chi connectivity index (χ4v) is 5.71. The third-order valence-corrected chi connectivity index (χ3v) is 8.06. The van der Waals surface area contributed by atoms with E-state index in [1.54, 1.807) is 0 Å². The van der Waals surface area contributed by atoms with Gasteiger partial charge in [0.25, 0.3) is 0 Å². The Balaban J connectivity index is 1.40. The maximum absolute atomic E-state index is 14.0. The van der Waals surface area contributed by atoms with E-state index < -0.39 is 6.04 Å². The molecule has 3 aromatic rings. The van der Waals surface area contributed by atoms with Crippen molar-refractivity contribution in [1.29, 1.82) is 0 Å². The lowest BCUT2D eigenvalue weighted by Gasteiger charge is -2.34. The number of ether oxygens (including phenoxy) is 2. The summed E-state index contributed by atoms with van der Waals surface area (Å²) in [6.45, 7) is 3.52. The van der Waals surface area contributed by atoms with Crippen molar-refractivity contribution in [1.82, 2.24) is 10.2 Å². The maximum Gasteiger partial charge on any atom is 0.243 e. The van der Waals surface area contributed by atoms with Crippen molar-refractivity contribution in [2.45, 2.75) is 76.9 Å². The highest BCUT2D eigenvalue weighted by atomic mass is 16.6. The molecule has 1 aliphatic heterocycles. The van der Waals surface area contributed by atoms with E-state index in [1.807, 2.05) is 65.6 Å². The minimum absolute atomic E-state index is 0.0298. The Labute approximate surface area is 237 Å². The number of amides is 2. The molecule has 2 aliphatic rings. The van der Waals surface area contributed by atoms with Gasteiger partial charge in [-0.2, -0.15) is 0 Å². The normalized spacial score (nSPS) is 15.7. The molecule has 6 nitrogen and oxygen atoms in total. The van der Waals surface area contributed by atoms with Gasteiger partial charge in [-0.1, -0.05) is 79.9 Å². The number of fused-ring (bicyclic) bond motifs is 1. The first-order valence-electron chi connectivity index (χ1n) is 14.6. The Morgan fingerprint density at radius 2 is 1.60 bits per heavy atom. The Kier molecular flexibility index (Phi) is 9.38. The zero-order valence-electron chi connectivity index (χ0n) is 23.4. The summed E-state index contributed by atoms with van der Waals surface area (Å²) >= 11 is 0. The van der Waals surface area contributed by atoms with Crippen LogP contribution in [0.2, 0.25) is 0 Å². The zero-order valence-corrected chi connectivity index (χ0v) is 23.4. The molecule has 6 heteroatoms. The summed E-state index contributed by atoms with van der Waals surface area (Å²) in [5, 5.41) is 3.32. The molecule has 1 atom stereocenters. The summed E-state index contributed by atoms with van der Waals surface area (Å²) in [6, 6.07) is 23.6. The largest absolute Gasteiger partial charge is 0.486 e. The molecule has 0 aromatic heterocycles. The number of nitrogens with zero attached hydrogens (tertiary/aromatic N) is 1. The number of rotatable bonds is 10. The molecule has 5 rings (SSSR count). The van der Waals surface area contributed by atoms with Crippen LogP contribution in [0.25, 0.3) is 0 Å². The second kappa shape index (κ2) is 13.5. The molecule has 210 valence electrons. The van der Waals surface area contributed by atoms with E-state index in [-0.39, 0.29) is 17.9 Å². The van der Waals surface area contributed by atoms with E-state index in [2.05, 4.69) is 24.4 Å². The molecule has 1 saturated carbocycles. The van der Waals surface area contributed by atoms with Gasteiger partial charge in [0.2, 0.25) is 11.8 Å². The number of carbonyl (C=O) groups is 2. The minimum Gasteiger partial charge on any atom is -0.486 e. The molecular formula is C34H40N2O4. The monoisotopic (exact) mass is 540 g/mol. The van der Waals surface area contributed by atoms with Crippen LogP contribution in [0.15, 0.2) is 72.8 Å². The second-order valence-corrected chi connectivity index (χ2v) is 11.0. The van der Waals surface area contributed by atoms with Crippen LogP contribution in [0.1, 0.15) is 60.8 Å². The fraction of sp³-hybridized carbons (Fsp3) is 0.412. The number of carbonyl (C=O) groups excluding carboxylic acids is 2. The molecule has 0 saturated heterocycles. The summed E-state index contributed by atoms with van der Waals surface area (Å²) in [7, 11) is 0. The SMILES string of the molecule is Cc1ccccc1CN(C(=O)CCc1ccc2c(c1)OCCO2)[C@@H](Cc1ccccc1)C(=O)NC1CCCCC1. The Morgan fingerprint density at radius 1 is 0.875 bits per heavy atom. The maximum atomic E-state index is 14.0. The lowest BCUT2D eigenvalue weighted by molar-refractivity contribution is -0.141. The van der Waals surface area contributed by atoms with Crippen LogP contribution in [-0.2, 0) is 29.0 Å².